The van der Waals surface area contributed by atoms with E-state index in [2.05, 4.69) is 11.0 Å². The van der Waals surface area contributed by atoms with Crippen molar-refractivity contribution in [3.63, 3.8) is 0 Å². The summed E-state index contributed by atoms with van der Waals surface area (Å²) in [6.45, 7) is 1.98. The van der Waals surface area contributed by atoms with Crippen LogP contribution in [-0.4, -0.2) is 4.90 Å². The molecule has 0 N–H and O–H groups in total. The minimum Gasteiger partial charge on any atom is -0.468 e. The average molecular weight is 292 g/mol. The van der Waals surface area contributed by atoms with Gasteiger partial charge in [-0.3, -0.25) is 4.90 Å². The van der Waals surface area contributed by atoms with E-state index in [1.807, 2.05) is 48.5 Å². The number of furan rings is 2. The summed E-state index contributed by atoms with van der Waals surface area (Å²) in [5.41, 5.74) is 1.70. The highest BCUT2D eigenvalue weighted by Crippen LogP contribution is 2.17. The largest absolute Gasteiger partial charge is 0.468 e. The van der Waals surface area contributed by atoms with Gasteiger partial charge in [-0.15, -0.1) is 0 Å². The van der Waals surface area contributed by atoms with E-state index in [0.717, 1.165) is 17.1 Å². The normalized spacial score (nSPS) is 10.7. The number of benzene rings is 1. The molecule has 3 aromatic rings. The van der Waals surface area contributed by atoms with E-state index in [4.69, 9.17) is 8.83 Å². The molecule has 22 heavy (non-hydrogen) atoms. The second kappa shape index (κ2) is 6.79. The molecule has 0 aliphatic heterocycles. The first-order valence-corrected chi connectivity index (χ1v) is 7.10. The average Bonchev–Trinajstić information content (AvgIpc) is 3.21. The standard InChI is InChI=1S/C18H16N2O2/c19-11-15-5-1-2-6-16(15)12-20(13-17-7-3-9-21-17)14-18-8-4-10-22-18/h1-10H,12-14H2. The van der Waals surface area contributed by atoms with Gasteiger partial charge >= 0.3 is 0 Å². The van der Waals surface area contributed by atoms with Crippen LogP contribution in [0.25, 0.3) is 0 Å². The maximum Gasteiger partial charge on any atom is 0.117 e. The molecule has 0 fully saturated rings. The van der Waals surface area contributed by atoms with Crippen LogP contribution in [0.3, 0.4) is 0 Å². The molecule has 1 aromatic carbocycles. The maximum absolute atomic E-state index is 9.24. The zero-order chi connectivity index (χ0) is 15.2. The lowest BCUT2D eigenvalue weighted by atomic mass is 10.1. The van der Waals surface area contributed by atoms with E-state index in [-0.39, 0.29) is 0 Å². The predicted molar refractivity (Wildman–Crippen MR) is 81.5 cm³/mol. The molecular formula is C18H16N2O2. The van der Waals surface area contributed by atoms with E-state index in [0.29, 0.717) is 25.2 Å². The monoisotopic (exact) mass is 292 g/mol. The molecule has 4 heteroatoms. The first kappa shape index (κ1) is 14.2. The van der Waals surface area contributed by atoms with E-state index >= 15 is 0 Å². The molecule has 2 aromatic heterocycles. The van der Waals surface area contributed by atoms with Crippen molar-refractivity contribution < 1.29 is 8.83 Å². The fourth-order valence-corrected chi connectivity index (χ4v) is 2.42. The highest BCUT2D eigenvalue weighted by molar-refractivity contribution is 5.37. The van der Waals surface area contributed by atoms with Gasteiger partial charge in [0.2, 0.25) is 0 Å². The molecule has 0 atom stereocenters. The summed E-state index contributed by atoms with van der Waals surface area (Å²) in [5.74, 6) is 1.78. The van der Waals surface area contributed by atoms with Crippen molar-refractivity contribution >= 4 is 0 Å². The summed E-state index contributed by atoms with van der Waals surface area (Å²) in [6, 6.07) is 17.6. The second-order valence-corrected chi connectivity index (χ2v) is 5.07. The van der Waals surface area contributed by atoms with Crippen LogP contribution in [0.15, 0.2) is 69.9 Å². The van der Waals surface area contributed by atoms with Gasteiger partial charge in [0, 0.05) is 6.54 Å². The van der Waals surface area contributed by atoms with Crippen molar-refractivity contribution in [3.8, 4) is 6.07 Å². The fraction of sp³-hybridized carbons (Fsp3) is 0.167. The van der Waals surface area contributed by atoms with Crippen molar-refractivity contribution in [2.24, 2.45) is 0 Å². The quantitative estimate of drug-likeness (QED) is 0.690. The first-order valence-electron chi connectivity index (χ1n) is 7.10. The second-order valence-electron chi connectivity index (χ2n) is 5.07. The van der Waals surface area contributed by atoms with E-state index in [1.165, 1.54) is 0 Å². The van der Waals surface area contributed by atoms with E-state index in [9.17, 15) is 5.26 Å². The third-order valence-electron chi connectivity index (χ3n) is 3.45. The number of hydrogen-bond acceptors (Lipinski definition) is 4. The van der Waals surface area contributed by atoms with Gasteiger partial charge in [0.1, 0.15) is 11.5 Å². The molecule has 0 saturated heterocycles. The van der Waals surface area contributed by atoms with Crippen LogP contribution in [0.1, 0.15) is 22.6 Å². The smallest absolute Gasteiger partial charge is 0.117 e. The van der Waals surface area contributed by atoms with Crippen LogP contribution < -0.4 is 0 Å². The summed E-state index contributed by atoms with van der Waals surface area (Å²) in [6.07, 6.45) is 3.34. The van der Waals surface area contributed by atoms with Gasteiger partial charge in [0.05, 0.1) is 37.2 Å². The first-order chi connectivity index (χ1) is 10.8. The van der Waals surface area contributed by atoms with Crippen molar-refractivity contribution in [3.05, 3.63) is 83.7 Å². The van der Waals surface area contributed by atoms with Crippen molar-refractivity contribution in [1.82, 2.24) is 4.90 Å². The topological polar surface area (TPSA) is 53.3 Å². The third kappa shape index (κ3) is 3.46. The summed E-state index contributed by atoms with van der Waals surface area (Å²) in [5, 5.41) is 9.24. The highest BCUT2D eigenvalue weighted by atomic mass is 16.3. The minimum atomic E-state index is 0.658. The number of nitriles is 1. The summed E-state index contributed by atoms with van der Waals surface area (Å²) < 4.78 is 10.9. The molecule has 0 aliphatic rings. The van der Waals surface area contributed by atoms with Gasteiger partial charge in [-0.1, -0.05) is 18.2 Å². The molecule has 0 spiro atoms. The Morgan fingerprint density at radius 2 is 1.45 bits per heavy atom. The molecule has 4 nitrogen and oxygen atoms in total. The molecular weight excluding hydrogens is 276 g/mol. The van der Waals surface area contributed by atoms with Gasteiger partial charge in [0.25, 0.3) is 0 Å². The van der Waals surface area contributed by atoms with Crippen LogP contribution in [0.4, 0.5) is 0 Å². The summed E-state index contributed by atoms with van der Waals surface area (Å²) in [4.78, 5) is 2.19. The SMILES string of the molecule is N#Cc1ccccc1CN(Cc1ccco1)Cc1ccco1. The van der Waals surface area contributed by atoms with Crippen LogP contribution in [0, 0.1) is 11.3 Å². The zero-order valence-electron chi connectivity index (χ0n) is 12.1. The number of nitrogens with zero attached hydrogens (tertiary/aromatic N) is 2. The fourth-order valence-electron chi connectivity index (χ4n) is 2.42. The zero-order valence-corrected chi connectivity index (χ0v) is 12.1. The predicted octanol–water partition coefficient (Wildman–Crippen LogP) is 3.95. The minimum absolute atomic E-state index is 0.658. The van der Waals surface area contributed by atoms with Crippen molar-refractivity contribution in [2.45, 2.75) is 19.6 Å². The van der Waals surface area contributed by atoms with Crippen molar-refractivity contribution in [2.75, 3.05) is 0 Å². The lowest BCUT2D eigenvalue weighted by molar-refractivity contribution is 0.209. The highest BCUT2D eigenvalue weighted by Gasteiger charge is 2.13. The molecule has 0 radical (unpaired) electrons. The Bertz CT molecular complexity index is 704. The maximum atomic E-state index is 9.24. The Labute approximate surface area is 129 Å². The van der Waals surface area contributed by atoms with Gasteiger partial charge in [-0.2, -0.15) is 5.26 Å². The van der Waals surface area contributed by atoms with Crippen LogP contribution in [0.2, 0.25) is 0 Å². The lowest BCUT2D eigenvalue weighted by Gasteiger charge is -2.20. The Balaban J connectivity index is 1.80. The summed E-state index contributed by atoms with van der Waals surface area (Å²) in [7, 11) is 0. The molecule has 0 bridgehead atoms. The van der Waals surface area contributed by atoms with E-state index in [1.54, 1.807) is 12.5 Å². The van der Waals surface area contributed by atoms with Gasteiger partial charge < -0.3 is 8.83 Å². The number of hydrogen-bond donors (Lipinski definition) is 0. The Hall–Kier alpha value is -2.77. The molecule has 0 saturated carbocycles. The molecule has 0 aliphatic carbocycles. The third-order valence-corrected chi connectivity index (χ3v) is 3.45. The Morgan fingerprint density at radius 1 is 0.818 bits per heavy atom. The van der Waals surface area contributed by atoms with Gasteiger partial charge in [0.15, 0.2) is 0 Å². The van der Waals surface area contributed by atoms with Crippen LogP contribution in [0.5, 0.6) is 0 Å². The number of rotatable bonds is 6. The van der Waals surface area contributed by atoms with Crippen molar-refractivity contribution in [1.29, 1.82) is 5.26 Å². The lowest BCUT2D eigenvalue weighted by Crippen LogP contribution is -2.22. The molecule has 110 valence electrons. The Kier molecular flexibility index (Phi) is 4.38. The molecule has 3 rings (SSSR count). The van der Waals surface area contributed by atoms with E-state index < -0.39 is 0 Å². The van der Waals surface area contributed by atoms with Crippen LogP contribution >= 0.6 is 0 Å². The van der Waals surface area contributed by atoms with Gasteiger partial charge in [-0.05, 0) is 35.9 Å². The Morgan fingerprint density at radius 3 is 2.00 bits per heavy atom. The van der Waals surface area contributed by atoms with Gasteiger partial charge in [-0.25, -0.2) is 0 Å². The summed E-state index contributed by atoms with van der Waals surface area (Å²) >= 11 is 0. The molecule has 0 unspecified atom stereocenters. The molecule has 0 amide bonds. The van der Waals surface area contributed by atoms with Crippen LogP contribution in [-0.2, 0) is 19.6 Å². The molecule has 2 heterocycles.